The second kappa shape index (κ2) is 6.23. The van der Waals surface area contributed by atoms with E-state index in [9.17, 15) is 14.9 Å². The molecule has 9 nitrogen and oxygen atoms in total. The Labute approximate surface area is 84.6 Å². The number of nitrogens with two attached hydrogens (primary N) is 3. The average Bonchev–Trinajstić information content (AvgIpc) is 2.20. The lowest BCUT2D eigenvalue weighted by molar-refractivity contribution is -0.385. The molecule has 0 aliphatic carbocycles. The maximum atomic E-state index is 9.97. The first-order chi connectivity index (χ1) is 6.95. The van der Waals surface area contributed by atoms with Crippen molar-refractivity contribution in [1.29, 1.82) is 0 Å². The Morgan fingerprint density at radius 2 is 2.07 bits per heavy atom. The summed E-state index contributed by atoms with van der Waals surface area (Å²) in [5.41, 5.74) is 4.50. The Kier molecular flexibility index (Phi) is 5.29. The predicted octanol–water partition coefficient (Wildman–Crippen LogP) is -0.896. The highest BCUT2D eigenvalue weighted by atomic mass is 16.6. The van der Waals surface area contributed by atoms with Gasteiger partial charge in [-0.2, -0.15) is 5.12 Å². The van der Waals surface area contributed by atoms with Crippen LogP contribution < -0.4 is 17.4 Å². The number of rotatable bonds is 1. The Balaban J connectivity index is 0.000000288. The van der Waals surface area contributed by atoms with Gasteiger partial charge in [-0.15, -0.1) is 0 Å². The van der Waals surface area contributed by atoms with Crippen molar-refractivity contribution in [3.05, 3.63) is 34.6 Å². The van der Waals surface area contributed by atoms with Crippen LogP contribution in [0.1, 0.15) is 0 Å². The first-order valence-corrected chi connectivity index (χ1v) is 3.58. The van der Waals surface area contributed by atoms with Gasteiger partial charge in [-0.1, -0.05) is 0 Å². The van der Waals surface area contributed by atoms with Crippen LogP contribution in [0.15, 0.2) is 24.5 Å². The molecule has 0 unspecified atom stereocenters. The third-order valence-electron chi connectivity index (χ3n) is 1.11. The van der Waals surface area contributed by atoms with Crippen LogP contribution in [0.2, 0.25) is 0 Å². The van der Waals surface area contributed by atoms with Crippen molar-refractivity contribution in [1.82, 2.24) is 10.1 Å². The number of pyridine rings is 1. The number of hydrogen-bond acceptors (Lipinski definition) is 6. The first-order valence-electron chi connectivity index (χ1n) is 3.58. The number of nitro groups is 1. The van der Waals surface area contributed by atoms with Gasteiger partial charge in [0, 0.05) is 12.3 Å². The Morgan fingerprint density at radius 1 is 1.53 bits per heavy atom. The molecule has 2 amide bonds. The van der Waals surface area contributed by atoms with Gasteiger partial charge in [-0.25, -0.2) is 16.5 Å². The third kappa shape index (κ3) is 5.90. The van der Waals surface area contributed by atoms with Gasteiger partial charge in [-0.3, -0.25) is 15.1 Å². The summed E-state index contributed by atoms with van der Waals surface area (Å²) in [5, 5.41) is 10.3. The Bertz CT molecular complexity index is 327. The smallest absolute Gasteiger partial charge is 0.343 e. The Hall–Kier alpha value is -2.26. The summed E-state index contributed by atoms with van der Waals surface area (Å²) < 4.78 is 0. The van der Waals surface area contributed by atoms with E-state index in [1.807, 2.05) is 0 Å². The molecule has 0 fully saturated rings. The quantitative estimate of drug-likeness (QED) is 0.238. The van der Waals surface area contributed by atoms with Crippen molar-refractivity contribution < 1.29 is 9.72 Å². The van der Waals surface area contributed by atoms with Crippen LogP contribution in [-0.4, -0.2) is 21.1 Å². The van der Waals surface area contributed by atoms with Crippen molar-refractivity contribution in [3.63, 3.8) is 0 Å². The molecule has 0 atom stereocenters. The first kappa shape index (κ1) is 12.7. The molecular weight excluding hydrogens is 204 g/mol. The van der Waals surface area contributed by atoms with E-state index < -0.39 is 11.0 Å². The summed E-state index contributed by atoms with van der Waals surface area (Å²) in [6, 6.07) is 2.07. The largest absolute Gasteiger partial charge is 0.349 e. The Morgan fingerprint density at radius 3 is 2.27 bits per heavy atom. The van der Waals surface area contributed by atoms with E-state index in [1.54, 1.807) is 0 Å². The van der Waals surface area contributed by atoms with Gasteiger partial charge in [0.1, 0.15) is 6.20 Å². The number of urea groups is 1. The summed E-state index contributed by atoms with van der Waals surface area (Å²) in [4.78, 5) is 22.6. The minimum absolute atomic E-state index is 0.0255. The average molecular weight is 214 g/mol. The molecule has 0 spiro atoms. The van der Waals surface area contributed by atoms with E-state index >= 15 is 0 Å². The number of aromatic nitrogens is 1. The van der Waals surface area contributed by atoms with Gasteiger partial charge in [-0.05, 0) is 6.07 Å². The number of nitrogens with zero attached hydrogens (tertiary/aromatic N) is 3. The van der Waals surface area contributed by atoms with Crippen LogP contribution in [0, 0.1) is 10.1 Å². The van der Waals surface area contributed by atoms with Crippen LogP contribution in [-0.2, 0) is 0 Å². The van der Waals surface area contributed by atoms with Gasteiger partial charge in [0.15, 0.2) is 0 Å². The summed E-state index contributed by atoms with van der Waals surface area (Å²) in [7, 11) is 0. The van der Waals surface area contributed by atoms with Crippen LogP contribution in [0.3, 0.4) is 0 Å². The number of carbonyl (C=O) groups excluding carboxylic acids is 1. The van der Waals surface area contributed by atoms with Crippen LogP contribution in [0.5, 0.6) is 0 Å². The molecule has 6 N–H and O–H groups in total. The number of hydrazine groups is 2. The summed E-state index contributed by atoms with van der Waals surface area (Å²) >= 11 is 0. The highest BCUT2D eigenvalue weighted by Crippen LogP contribution is 2.04. The zero-order valence-corrected chi connectivity index (χ0v) is 7.61. The molecule has 15 heavy (non-hydrogen) atoms. The van der Waals surface area contributed by atoms with E-state index in [0.717, 1.165) is 0 Å². The maximum absolute atomic E-state index is 9.97. The van der Waals surface area contributed by atoms with Gasteiger partial charge < -0.3 is 5.73 Å². The second-order valence-electron chi connectivity index (χ2n) is 2.21. The minimum atomic E-state index is -0.852. The van der Waals surface area contributed by atoms with Crippen molar-refractivity contribution >= 4 is 11.7 Å². The number of amides is 2. The molecular formula is C6H10N6O3. The third-order valence-corrected chi connectivity index (χ3v) is 1.11. The molecule has 0 saturated carbocycles. The van der Waals surface area contributed by atoms with E-state index in [4.69, 9.17) is 0 Å². The fraction of sp³-hybridized carbons (Fsp3) is 0. The normalized spacial score (nSPS) is 8.40. The van der Waals surface area contributed by atoms with Crippen molar-refractivity contribution in [2.45, 2.75) is 0 Å². The van der Waals surface area contributed by atoms with Crippen molar-refractivity contribution in [3.8, 4) is 0 Å². The van der Waals surface area contributed by atoms with Crippen LogP contribution >= 0.6 is 0 Å². The minimum Gasteiger partial charge on any atom is -0.349 e. The van der Waals surface area contributed by atoms with E-state index in [0.29, 0.717) is 5.12 Å². The predicted molar refractivity (Wildman–Crippen MR) is 50.7 cm³/mol. The monoisotopic (exact) mass is 214 g/mol. The van der Waals surface area contributed by atoms with E-state index in [2.05, 4.69) is 22.4 Å². The summed E-state index contributed by atoms with van der Waals surface area (Å²) in [5.74, 6) is 9.14. The lowest BCUT2D eigenvalue weighted by atomic mass is 10.4. The number of carbonyl (C=O) groups is 1. The SMILES string of the molecule is NC(=O)N(N)N.O=[N+]([O-])c1cccnc1. The highest BCUT2D eigenvalue weighted by molar-refractivity contribution is 5.70. The molecule has 0 radical (unpaired) electrons. The molecule has 0 aliphatic heterocycles. The van der Waals surface area contributed by atoms with E-state index in [-0.39, 0.29) is 5.69 Å². The fourth-order valence-electron chi connectivity index (χ4n) is 0.462. The number of hydrogen-bond donors (Lipinski definition) is 3. The topological polar surface area (TPSA) is 154 Å². The fourth-order valence-corrected chi connectivity index (χ4v) is 0.462. The summed E-state index contributed by atoms with van der Waals surface area (Å²) in [6.45, 7) is 0. The van der Waals surface area contributed by atoms with Gasteiger partial charge in [0.05, 0.1) is 4.92 Å². The molecule has 0 saturated heterocycles. The lowest BCUT2D eigenvalue weighted by Gasteiger charge is -2.00. The molecule has 0 bridgehead atoms. The molecule has 0 aliphatic rings. The molecule has 1 aromatic heterocycles. The molecule has 1 aromatic rings. The molecule has 82 valence electrons. The summed E-state index contributed by atoms with van der Waals surface area (Å²) in [6.07, 6.45) is 2.70. The van der Waals surface area contributed by atoms with Crippen molar-refractivity contribution in [2.75, 3.05) is 0 Å². The van der Waals surface area contributed by atoms with Gasteiger partial charge in [0.2, 0.25) is 0 Å². The van der Waals surface area contributed by atoms with Crippen LogP contribution in [0.25, 0.3) is 0 Å². The molecule has 1 rings (SSSR count). The maximum Gasteiger partial charge on any atom is 0.343 e. The second-order valence-corrected chi connectivity index (χ2v) is 2.21. The van der Waals surface area contributed by atoms with Crippen LogP contribution in [0.4, 0.5) is 10.5 Å². The van der Waals surface area contributed by atoms with Crippen molar-refractivity contribution in [2.24, 2.45) is 17.4 Å². The van der Waals surface area contributed by atoms with Gasteiger partial charge in [0.25, 0.3) is 5.69 Å². The lowest BCUT2D eigenvalue weighted by Crippen LogP contribution is -2.46. The molecule has 1 heterocycles. The molecule has 9 heteroatoms. The zero-order chi connectivity index (χ0) is 11.8. The van der Waals surface area contributed by atoms with Gasteiger partial charge >= 0.3 is 6.03 Å². The standard InChI is InChI=1S/C5H4N2O2.CH6N4O/c8-7(9)5-2-1-3-6-4-5;2-1(6)5(3)4/h1-4H;3-4H2,(H2,2,6). The zero-order valence-electron chi connectivity index (χ0n) is 7.61. The van der Waals surface area contributed by atoms with E-state index in [1.165, 1.54) is 24.5 Å². The number of primary amides is 1. The molecule has 0 aromatic carbocycles. The highest BCUT2D eigenvalue weighted by Gasteiger charge is 1.99.